The Hall–Kier alpha value is -1.39. The summed E-state index contributed by atoms with van der Waals surface area (Å²) in [4.78, 5) is 0. The third-order valence-electron chi connectivity index (χ3n) is 3.55. The molecule has 4 heteroatoms. The van der Waals surface area contributed by atoms with Crippen LogP contribution >= 0.6 is 15.9 Å². The third kappa shape index (κ3) is 4.29. The Morgan fingerprint density at radius 3 is 2.57 bits per heavy atom. The molecule has 0 amide bonds. The zero-order chi connectivity index (χ0) is 15.2. The summed E-state index contributed by atoms with van der Waals surface area (Å²) in [6.45, 7) is 0.504. The normalized spacial score (nSPS) is 12.2. The molecule has 2 aromatic rings. The van der Waals surface area contributed by atoms with E-state index in [1.165, 1.54) is 6.07 Å². The average molecular weight is 352 g/mol. The van der Waals surface area contributed by atoms with Crippen LogP contribution in [0.1, 0.15) is 11.1 Å². The quantitative estimate of drug-likeness (QED) is 0.854. The molecule has 0 saturated carbocycles. The van der Waals surface area contributed by atoms with Gasteiger partial charge in [-0.2, -0.15) is 0 Å². The van der Waals surface area contributed by atoms with Crippen LogP contribution in [0.2, 0.25) is 0 Å². The van der Waals surface area contributed by atoms with Gasteiger partial charge < -0.3 is 10.5 Å². The lowest BCUT2D eigenvalue weighted by atomic mass is 9.92. The van der Waals surface area contributed by atoms with Crippen LogP contribution in [0, 0.1) is 11.7 Å². The summed E-state index contributed by atoms with van der Waals surface area (Å²) in [6, 6.07) is 12.9. The van der Waals surface area contributed by atoms with Crippen LogP contribution in [0.3, 0.4) is 0 Å². The van der Waals surface area contributed by atoms with Gasteiger partial charge in [0.25, 0.3) is 0 Å². The van der Waals surface area contributed by atoms with Crippen molar-refractivity contribution in [3.05, 3.63) is 63.9 Å². The van der Waals surface area contributed by atoms with Crippen molar-refractivity contribution in [1.82, 2.24) is 0 Å². The highest BCUT2D eigenvalue weighted by atomic mass is 79.9. The molecule has 1 unspecified atom stereocenters. The fraction of sp³-hybridized carbons (Fsp3) is 0.294. The standard InChI is InChI=1S/C17H19BrFNO/c1-21-17-5-3-2-4-13(17)8-12(11-20)9-14-10-15(18)6-7-16(14)19/h2-7,10,12H,8-9,11,20H2,1H3. The Labute approximate surface area is 133 Å². The smallest absolute Gasteiger partial charge is 0.126 e. The molecular formula is C17H19BrFNO. The number of para-hydroxylation sites is 1. The molecule has 0 aromatic heterocycles. The molecule has 2 N–H and O–H groups in total. The maximum Gasteiger partial charge on any atom is 0.126 e. The fourth-order valence-corrected chi connectivity index (χ4v) is 2.84. The van der Waals surface area contributed by atoms with Gasteiger partial charge >= 0.3 is 0 Å². The summed E-state index contributed by atoms with van der Waals surface area (Å²) in [5, 5.41) is 0. The number of ether oxygens (including phenoxy) is 1. The van der Waals surface area contributed by atoms with E-state index < -0.39 is 0 Å². The van der Waals surface area contributed by atoms with E-state index in [-0.39, 0.29) is 11.7 Å². The van der Waals surface area contributed by atoms with Gasteiger partial charge in [0.1, 0.15) is 11.6 Å². The second-order valence-electron chi connectivity index (χ2n) is 5.06. The van der Waals surface area contributed by atoms with E-state index in [2.05, 4.69) is 15.9 Å². The molecule has 0 heterocycles. The van der Waals surface area contributed by atoms with Gasteiger partial charge in [-0.1, -0.05) is 34.1 Å². The minimum Gasteiger partial charge on any atom is -0.496 e. The molecule has 0 aliphatic carbocycles. The van der Waals surface area contributed by atoms with Crippen LogP contribution in [0.15, 0.2) is 46.9 Å². The van der Waals surface area contributed by atoms with Crippen molar-refractivity contribution in [2.24, 2.45) is 11.7 Å². The minimum absolute atomic E-state index is 0.171. The first-order chi connectivity index (χ1) is 10.1. The molecule has 0 radical (unpaired) electrons. The highest BCUT2D eigenvalue weighted by Crippen LogP contribution is 2.24. The number of rotatable bonds is 6. The van der Waals surface area contributed by atoms with Crippen LogP contribution in [0.25, 0.3) is 0 Å². The Balaban J connectivity index is 2.15. The number of methoxy groups -OCH3 is 1. The van der Waals surface area contributed by atoms with Crippen LogP contribution < -0.4 is 10.5 Å². The van der Waals surface area contributed by atoms with Gasteiger partial charge in [-0.25, -0.2) is 4.39 Å². The Bertz CT molecular complexity index is 603. The lowest BCUT2D eigenvalue weighted by Gasteiger charge is -2.17. The van der Waals surface area contributed by atoms with E-state index in [9.17, 15) is 4.39 Å². The monoisotopic (exact) mass is 351 g/mol. The zero-order valence-corrected chi connectivity index (χ0v) is 13.6. The average Bonchev–Trinajstić information content (AvgIpc) is 2.50. The first-order valence-corrected chi connectivity index (χ1v) is 7.69. The summed E-state index contributed by atoms with van der Waals surface area (Å²) in [7, 11) is 1.66. The van der Waals surface area contributed by atoms with E-state index in [4.69, 9.17) is 10.5 Å². The molecule has 0 spiro atoms. The largest absolute Gasteiger partial charge is 0.496 e. The molecule has 1 atom stereocenters. The van der Waals surface area contributed by atoms with Crippen molar-refractivity contribution in [2.45, 2.75) is 12.8 Å². The highest BCUT2D eigenvalue weighted by Gasteiger charge is 2.14. The number of halogens is 2. The van der Waals surface area contributed by atoms with Crippen molar-refractivity contribution >= 4 is 15.9 Å². The van der Waals surface area contributed by atoms with Gasteiger partial charge in [0, 0.05) is 4.47 Å². The minimum atomic E-state index is -0.184. The molecule has 2 rings (SSSR count). The zero-order valence-electron chi connectivity index (χ0n) is 12.0. The molecule has 0 aliphatic rings. The van der Waals surface area contributed by atoms with Crippen molar-refractivity contribution < 1.29 is 9.13 Å². The van der Waals surface area contributed by atoms with Crippen molar-refractivity contribution in [3.8, 4) is 5.75 Å². The molecular weight excluding hydrogens is 333 g/mol. The summed E-state index contributed by atoms with van der Waals surface area (Å²) in [6.07, 6.45) is 1.38. The molecule has 2 aromatic carbocycles. The van der Waals surface area contributed by atoms with E-state index >= 15 is 0 Å². The molecule has 0 bridgehead atoms. The highest BCUT2D eigenvalue weighted by molar-refractivity contribution is 9.10. The summed E-state index contributed by atoms with van der Waals surface area (Å²) in [5.41, 5.74) is 7.67. The van der Waals surface area contributed by atoms with E-state index in [1.54, 1.807) is 13.2 Å². The predicted octanol–water partition coefficient (Wildman–Crippen LogP) is 3.96. The van der Waals surface area contributed by atoms with Crippen LogP contribution in [-0.2, 0) is 12.8 Å². The molecule has 2 nitrogen and oxygen atoms in total. The van der Waals surface area contributed by atoms with E-state index in [0.29, 0.717) is 18.5 Å². The van der Waals surface area contributed by atoms with Gasteiger partial charge in [-0.15, -0.1) is 0 Å². The summed E-state index contributed by atoms with van der Waals surface area (Å²) in [5.74, 6) is 0.840. The number of nitrogens with two attached hydrogens (primary N) is 1. The van der Waals surface area contributed by atoms with Crippen LogP contribution in [0.4, 0.5) is 4.39 Å². The number of benzene rings is 2. The van der Waals surface area contributed by atoms with Gasteiger partial charge in [0.15, 0.2) is 0 Å². The third-order valence-corrected chi connectivity index (χ3v) is 4.04. The predicted molar refractivity (Wildman–Crippen MR) is 87.0 cm³/mol. The lowest BCUT2D eigenvalue weighted by Crippen LogP contribution is -2.20. The molecule has 0 saturated heterocycles. The van der Waals surface area contributed by atoms with Crippen LogP contribution in [0.5, 0.6) is 5.75 Å². The maximum absolute atomic E-state index is 13.9. The van der Waals surface area contributed by atoms with Crippen molar-refractivity contribution in [3.63, 3.8) is 0 Å². The van der Waals surface area contributed by atoms with Gasteiger partial charge in [0.05, 0.1) is 7.11 Å². The lowest BCUT2D eigenvalue weighted by molar-refractivity contribution is 0.403. The van der Waals surface area contributed by atoms with Gasteiger partial charge in [-0.3, -0.25) is 0 Å². The molecule has 21 heavy (non-hydrogen) atoms. The van der Waals surface area contributed by atoms with Crippen LogP contribution in [-0.4, -0.2) is 13.7 Å². The van der Waals surface area contributed by atoms with Gasteiger partial charge in [-0.05, 0) is 60.7 Å². The summed E-state index contributed by atoms with van der Waals surface area (Å²) >= 11 is 3.38. The first kappa shape index (κ1) is 16.0. The molecule has 0 aliphatic heterocycles. The van der Waals surface area contributed by atoms with Crippen molar-refractivity contribution in [1.29, 1.82) is 0 Å². The van der Waals surface area contributed by atoms with Crippen molar-refractivity contribution in [2.75, 3.05) is 13.7 Å². The SMILES string of the molecule is COc1ccccc1CC(CN)Cc1cc(Br)ccc1F. The first-order valence-electron chi connectivity index (χ1n) is 6.90. The van der Waals surface area contributed by atoms with E-state index in [0.717, 1.165) is 22.2 Å². The second kappa shape index (κ2) is 7.57. The topological polar surface area (TPSA) is 35.2 Å². The summed E-state index contributed by atoms with van der Waals surface area (Å²) < 4.78 is 20.1. The Kier molecular flexibility index (Phi) is 5.76. The second-order valence-corrected chi connectivity index (χ2v) is 5.97. The maximum atomic E-state index is 13.9. The Morgan fingerprint density at radius 1 is 1.14 bits per heavy atom. The van der Waals surface area contributed by atoms with Gasteiger partial charge in [0.2, 0.25) is 0 Å². The number of hydrogen-bond acceptors (Lipinski definition) is 2. The fourth-order valence-electron chi connectivity index (χ4n) is 2.43. The molecule has 112 valence electrons. The molecule has 0 fully saturated rings. The Morgan fingerprint density at radius 2 is 1.86 bits per heavy atom. The number of hydrogen-bond donors (Lipinski definition) is 1. The van der Waals surface area contributed by atoms with E-state index in [1.807, 2.05) is 30.3 Å².